The van der Waals surface area contributed by atoms with Gasteiger partial charge in [0.25, 0.3) is 0 Å². The van der Waals surface area contributed by atoms with E-state index in [2.05, 4.69) is 51.6 Å². The molecule has 0 aliphatic heterocycles. The highest BCUT2D eigenvalue weighted by Gasteiger charge is 2.22. The lowest BCUT2D eigenvalue weighted by molar-refractivity contribution is 0.689. The van der Waals surface area contributed by atoms with E-state index in [9.17, 15) is 0 Å². The molecule has 6 heteroatoms. The molecule has 3 heterocycles. The molecule has 0 fully saturated rings. The van der Waals surface area contributed by atoms with Gasteiger partial charge in [0.1, 0.15) is 0 Å². The second kappa shape index (κ2) is 5.55. The van der Waals surface area contributed by atoms with Crippen LogP contribution in [0.25, 0.3) is 44.0 Å². The number of fused-ring (bicyclic) bond motifs is 6. The molecule has 0 atom stereocenters. The third kappa shape index (κ3) is 2.05. The quantitative estimate of drug-likeness (QED) is 0.408. The molecule has 28 heavy (non-hydrogen) atoms. The Hall–Kier alpha value is -3.41. The van der Waals surface area contributed by atoms with Crippen LogP contribution in [0.4, 0.5) is 5.82 Å². The number of nitrogens with zero attached hydrogens (tertiary/aromatic N) is 3. The minimum atomic E-state index is 0.530. The van der Waals surface area contributed by atoms with E-state index in [0.29, 0.717) is 5.82 Å². The predicted molar refractivity (Wildman–Crippen MR) is 112 cm³/mol. The molecule has 2 aromatic carbocycles. The van der Waals surface area contributed by atoms with Gasteiger partial charge in [-0.1, -0.05) is 6.07 Å². The van der Waals surface area contributed by atoms with E-state index in [-0.39, 0.29) is 0 Å². The molecule has 0 saturated carbocycles. The van der Waals surface area contributed by atoms with Gasteiger partial charge in [0, 0.05) is 27.4 Å². The monoisotopic (exact) mass is 368 g/mol. The second-order valence-electron chi connectivity index (χ2n) is 7.70. The molecule has 0 bridgehead atoms. The third-order valence-corrected chi connectivity index (χ3v) is 6.03. The molecule has 6 nitrogen and oxygen atoms in total. The van der Waals surface area contributed by atoms with Crippen LogP contribution in [0.3, 0.4) is 0 Å². The van der Waals surface area contributed by atoms with Gasteiger partial charge < -0.3 is 5.73 Å². The summed E-state index contributed by atoms with van der Waals surface area (Å²) in [6.45, 7) is 2.09. The molecule has 6 rings (SSSR count). The smallest absolute Gasteiger partial charge is 0.153 e. The zero-order chi connectivity index (χ0) is 18.8. The molecule has 0 saturated heterocycles. The Morgan fingerprint density at radius 3 is 2.61 bits per heavy atom. The number of benzene rings is 2. The van der Waals surface area contributed by atoms with Crippen molar-refractivity contribution >= 4 is 38.5 Å². The molecular weight excluding hydrogens is 348 g/mol. The topological polar surface area (TPSA) is 96.3 Å². The van der Waals surface area contributed by atoms with Gasteiger partial charge in [0.05, 0.1) is 22.2 Å². The fraction of sp³-hybridized carbons (Fsp3) is 0.227. The molecule has 1 aliphatic rings. The number of rotatable bonds is 1. The number of aryl methyl sites for hydroxylation is 2. The minimum absolute atomic E-state index is 0.530. The molecule has 4 N–H and O–H groups in total. The highest BCUT2D eigenvalue weighted by molar-refractivity contribution is 6.09. The van der Waals surface area contributed by atoms with Crippen LogP contribution in [-0.2, 0) is 12.8 Å². The normalized spacial score (nSPS) is 14.2. The van der Waals surface area contributed by atoms with Crippen LogP contribution in [0.15, 0.2) is 30.3 Å². The number of nitrogens with one attached hydrogen (secondary N) is 2. The Bertz CT molecular complexity index is 1390. The number of aromatic amines is 2. The average Bonchev–Trinajstić information content (AvgIpc) is 3.30. The summed E-state index contributed by atoms with van der Waals surface area (Å²) in [5, 5.41) is 18.1. The van der Waals surface area contributed by atoms with Gasteiger partial charge in [-0.2, -0.15) is 10.2 Å². The lowest BCUT2D eigenvalue weighted by Gasteiger charge is -2.22. The summed E-state index contributed by atoms with van der Waals surface area (Å²) >= 11 is 0. The largest absolute Gasteiger partial charge is 0.382 e. The van der Waals surface area contributed by atoms with Crippen LogP contribution in [0, 0.1) is 6.92 Å². The van der Waals surface area contributed by atoms with Gasteiger partial charge >= 0.3 is 0 Å². The molecule has 138 valence electrons. The first-order valence-electron chi connectivity index (χ1n) is 9.74. The molecule has 0 spiro atoms. The van der Waals surface area contributed by atoms with Crippen LogP contribution < -0.4 is 5.73 Å². The van der Waals surface area contributed by atoms with Gasteiger partial charge in [-0.25, -0.2) is 4.98 Å². The van der Waals surface area contributed by atoms with Crippen LogP contribution in [0.5, 0.6) is 0 Å². The van der Waals surface area contributed by atoms with E-state index >= 15 is 0 Å². The molecule has 0 radical (unpaired) electrons. The zero-order valence-corrected chi connectivity index (χ0v) is 15.6. The predicted octanol–water partition coefficient (Wildman–Crippen LogP) is 4.42. The van der Waals surface area contributed by atoms with Crippen molar-refractivity contribution in [1.29, 1.82) is 0 Å². The Labute approximate surface area is 161 Å². The van der Waals surface area contributed by atoms with E-state index in [0.717, 1.165) is 51.7 Å². The van der Waals surface area contributed by atoms with Gasteiger partial charge in [0.2, 0.25) is 0 Å². The number of hydrogen-bond acceptors (Lipinski definition) is 4. The molecule has 0 amide bonds. The van der Waals surface area contributed by atoms with Crippen molar-refractivity contribution in [2.24, 2.45) is 0 Å². The van der Waals surface area contributed by atoms with E-state index < -0.39 is 0 Å². The van der Waals surface area contributed by atoms with Gasteiger partial charge in [-0.3, -0.25) is 10.2 Å². The molecule has 1 aliphatic carbocycles. The second-order valence-corrected chi connectivity index (χ2v) is 7.70. The SMILES string of the molecule is Cc1[nH]nc2ccc3nc(-c4ccc5[nH]nc(N)c5c4)c4c(c3c12)CCCC4. The maximum Gasteiger partial charge on any atom is 0.153 e. The van der Waals surface area contributed by atoms with Gasteiger partial charge in [-0.15, -0.1) is 0 Å². The molecule has 0 unspecified atom stereocenters. The summed E-state index contributed by atoms with van der Waals surface area (Å²) in [6, 6.07) is 10.4. The standard InChI is InChI=1S/C22H20N6/c1-11-19-18(27-25-11)9-8-17-20(19)13-4-2-3-5-14(13)21(24-17)12-6-7-16-15(10-12)22(23)28-26-16/h6-10H,2-5H2,1H3,(H,25,27)(H3,23,26,28). The molecule has 5 aromatic rings. The van der Waals surface area contributed by atoms with Crippen molar-refractivity contribution in [1.82, 2.24) is 25.4 Å². The van der Waals surface area contributed by atoms with E-state index in [1.807, 2.05) is 6.07 Å². The minimum Gasteiger partial charge on any atom is -0.382 e. The first-order valence-corrected chi connectivity index (χ1v) is 9.74. The Morgan fingerprint density at radius 1 is 0.893 bits per heavy atom. The van der Waals surface area contributed by atoms with Crippen LogP contribution >= 0.6 is 0 Å². The Morgan fingerprint density at radius 2 is 1.71 bits per heavy atom. The Balaban J connectivity index is 1.72. The highest BCUT2D eigenvalue weighted by Crippen LogP contribution is 2.39. The van der Waals surface area contributed by atoms with Crippen molar-refractivity contribution in [3.05, 3.63) is 47.2 Å². The number of aromatic nitrogens is 5. The van der Waals surface area contributed by atoms with E-state index in [1.54, 1.807) is 0 Å². The summed E-state index contributed by atoms with van der Waals surface area (Å²) < 4.78 is 0. The fourth-order valence-corrected chi connectivity index (χ4v) is 4.70. The highest BCUT2D eigenvalue weighted by atomic mass is 15.1. The summed E-state index contributed by atoms with van der Waals surface area (Å²) in [6.07, 6.45) is 4.55. The molecule has 3 aromatic heterocycles. The van der Waals surface area contributed by atoms with Crippen molar-refractivity contribution in [3.63, 3.8) is 0 Å². The number of anilines is 1. The number of H-pyrrole nitrogens is 2. The first-order chi connectivity index (χ1) is 13.7. The van der Waals surface area contributed by atoms with Crippen molar-refractivity contribution in [2.45, 2.75) is 32.6 Å². The number of nitrogen functional groups attached to an aromatic ring is 1. The fourth-order valence-electron chi connectivity index (χ4n) is 4.70. The van der Waals surface area contributed by atoms with E-state index in [4.69, 9.17) is 10.7 Å². The summed E-state index contributed by atoms with van der Waals surface area (Å²) in [4.78, 5) is 5.14. The van der Waals surface area contributed by atoms with Crippen LogP contribution in [0.2, 0.25) is 0 Å². The number of pyridine rings is 1. The molecular formula is C22H20N6. The Kier molecular flexibility index (Phi) is 3.10. The van der Waals surface area contributed by atoms with Crippen molar-refractivity contribution in [3.8, 4) is 11.3 Å². The summed E-state index contributed by atoms with van der Waals surface area (Å²) in [7, 11) is 0. The van der Waals surface area contributed by atoms with Gasteiger partial charge in [-0.05, 0) is 68.0 Å². The van der Waals surface area contributed by atoms with Gasteiger partial charge in [0.15, 0.2) is 5.82 Å². The first kappa shape index (κ1) is 15.6. The summed E-state index contributed by atoms with van der Waals surface area (Å²) in [5.74, 6) is 0.530. The van der Waals surface area contributed by atoms with Crippen molar-refractivity contribution < 1.29 is 0 Å². The number of hydrogen-bond donors (Lipinski definition) is 3. The number of nitrogens with two attached hydrogens (primary N) is 1. The van der Waals surface area contributed by atoms with Crippen LogP contribution in [0.1, 0.15) is 29.7 Å². The maximum atomic E-state index is 6.05. The lowest BCUT2D eigenvalue weighted by atomic mass is 9.85. The zero-order valence-electron chi connectivity index (χ0n) is 15.6. The van der Waals surface area contributed by atoms with Crippen LogP contribution in [-0.4, -0.2) is 25.4 Å². The third-order valence-electron chi connectivity index (χ3n) is 6.03. The van der Waals surface area contributed by atoms with E-state index in [1.165, 1.54) is 34.7 Å². The lowest BCUT2D eigenvalue weighted by Crippen LogP contribution is -2.08. The summed E-state index contributed by atoms with van der Waals surface area (Å²) in [5.41, 5.74) is 15.1. The van der Waals surface area contributed by atoms with Crippen molar-refractivity contribution in [2.75, 3.05) is 5.73 Å². The average molecular weight is 368 g/mol. The maximum absolute atomic E-state index is 6.05.